The number of rotatable bonds is 10. The smallest absolute Gasteiger partial charge is 0.269 e. The van der Waals surface area contributed by atoms with E-state index in [-0.39, 0.29) is 28.4 Å². The molecule has 40 heavy (non-hydrogen) atoms. The fourth-order valence-electron chi connectivity index (χ4n) is 3.86. The van der Waals surface area contributed by atoms with Gasteiger partial charge in [0.15, 0.2) is 0 Å². The van der Waals surface area contributed by atoms with E-state index in [9.17, 15) is 32.5 Å². The maximum Gasteiger partial charge on any atom is 0.269 e. The molecule has 0 aliphatic heterocycles. The summed E-state index contributed by atoms with van der Waals surface area (Å²) in [6, 6.07) is 16.8. The number of nitrogens with one attached hydrogen (secondary N) is 1. The zero-order chi connectivity index (χ0) is 29.7. The molecule has 212 valence electrons. The lowest BCUT2D eigenvalue weighted by molar-refractivity contribution is -0.384. The molecule has 1 N–H and O–H groups in total. The third-order valence-corrected chi connectivity index (χ3v) is 7.71. The molecule has 2 amide bonds. The molecule has 1 atom stereocenters. The molecule has 3 aromatic carbocycles. The van der Waals surface area contributed by atoms with E-state index < -0.39 is 50.7 Å². The zero-order valence-electron chi connectivity index (χ0n) is 22.6. The van der Waals surface area contributed by atoms with Gasteiger partial charge >= 0.3 is 0 Å². The standard InChI is InChI=1S/C28H31FN4O6S/c1-20(27(35)30-28(2,3)4)31(18-21-10-8-9-13-25(21)29)26(34)19-32(22-14-16-23(17-15-22)33(36)37)40(38,39)24-11-6-5-7-12-24/h5-17,20H,18-19H2,1-4H3,(H,30,35). The Morgan fingerprint density at radius 1 is 0.975 bits per heavy atom. The Labute approximate surface area is 232 Å². The van der Waals surface area contributed by atoms with Crippen LogP contribution in [0.5, 0.6) is 0 Å². The van der Waals surface area contributed by atoms with Gasteiger partial charge < -0.3 is 10.2 Å². The molecule has 0 aliphatic carbocycles. The minimum Gasteiger partial charge on any atom is -0.350 e. The lowest BCUT2D eigenvalue weighted by Gasteiger charge is -2.33. The first-order chi connectivity index (χ1) is 18.7. The number of amides is 2. The Morgan fingerprint density at radius 3 is 2.10 bits per heavy atom. The van der Waals surface area contributed by atoms with Crippen molar-refractivity contribution in [3.8, 4) is 0 Å². The van der Waals surface area contributed by atoms with E-state index >= 15 is 0 Å². The second kappa shape index (κ2) is 12.2. The number of non-ortho nitro benzene ring substituents is 1. The van der Waals surface area contributed by atoms with E-state index in [0.29, 0.717) is 0 Å². The maximum atomic E-state index is 14.6. The number of sulfonamides is 1. The Bertz CT molecular complexity index is 1470. The lowest BCUT2D eigenvalue weighted by Crippen LogP contribution is -2.54. The number of carbonyl (C=O) groups excluding carboxylic acids is 2. The van der Waals surface area contributed by atoms with Crippen LogP contribution in [-0.4, -0.2) is 48.2 Å². The summed E-state index contributed by atoms with van der Waals surface area (Å²) in [7, 11) is -4.33. The minimum atomic E-state index is -4.33. The molecule has 12 heteroatoms. The molecule has 0 heterocycles. The molecule has 1 unspecified atom stereocenters. The Balaban J connectivity index is 2.06. The number of hydrogen-bond donors (Lipinski definition) is 1. The third-order valence-electron chi connectivity index (χ3n) is 5.92. The van der Waals surface area contributed by atoms with Gasteiger partial charge in [-0.3, -0.25) is 24.0 Å². The first-order valence-corrected chi connectivity index (χ1v) is 13.8. The molecule has 3 rings (SSSR count). The fraction of sp³-hybridized carbons (Fsp3) is 0.286. The zero-order valence-corrected chi connectivity index (χ0v) is 23.4. The number of hydrogen-bond acceptors (Lipinski definition) is 6. The van der Waals surface area contributed by atoms with Gasteiger partial charge in [-0.15, -0.1) is 0 Å². The predicted molar refractivity (Wildman–Crippen MR) is 148 cm³/mol. The summed E-state index contributed by atoms with van der Waals surface area (Å²) in [5.41, 5.74) is -0.750. The molecular weight excluding hydrogens is 539 g/mol. The van der Waals surface area contributed by atoms with Crippen LogP contribution < -0.4 is 9.62 Å². The van der Waals surface area contributed by atoms with Crippen LogP contribution in [0.15, 0.2) is 83.8 Å². The quantitative estimate of drug-likeness (QED) is 0.286. The molecular formula is C28H31FN4O6S. The molecule has 0 saturated carbocycles. The molecule has 0 aliphatic rings. The molecule has 10 nitrogen and oxygen atoms in total. The highest BCUT2D eigenvalue weighted by Crippen LogP contribution is 2.26. The van der Waals surface area contributed by atoms with Crippen LogP contribution in [0.4, 0.5) is 15.8 Å². The number of benzene rings is 3. The van der Waals surface area contributed by atoms with E-state index in [1.165, 1.54) is 61.5 Å². The summed E-state index contributed by atoms with van der Waals surface area (Å²) >= 11 is 0. The summed E-state index contributed by atoms with van der Waals surface area (Å²) in [4.78, 5) is 38.4. The molecule has 0 spiro atoms. The number of nitrogens with zero attached hydrogens (tertiary/aromatic N) is 3. The number of halogens is 1. The van der Waals surface area contributed by atoms with Gasteiger partial charge in [-0.05, 0) is 58.0 Å². The van der Waals surface area contributed by atoms with Gasteiger partial charge in [0.1, 0.15) is 18.4 Å². The Hall–Kier alpha value is -4.32. The number of carbonyl (C=O) groups is 2. The van der Waals surface area contributed by atoms with Crippen LogP contribution >= 0.6 is 0 Å². The van der Waals surface area contributed by atoms with Gasteiger partial charge in [-0.25, -0.2) is 12.8 Å². The molecule has 3 aromatic rings. The van der Waals surface area contributed by atoms with Crippen molar-refractivity contribution in [3.63, 3.8) is 0 Å². The van der Waals surface area contributed by atoms with Crippen molar-refractivity contribution in [1.29, 1.82) is 0 Å². The second-order valence-electron chi connectivity index (χ2n) is 10.1. The summed E-state index contributed by atoms with van der Waals surface area (Å²) in [6.07, 6.45) is 0. The molecule has 0 bridgehead atoms. The molecule has 0 radical (unpaired) electrons. The molecule has 0 aromatic heterocycles. The van der Waals surface area contributed by atoms with Crippen molar-refractivity contribution < 1.29 is 27.3 Å². The number of nitro benzene ring substituents is 1. The molecule has 0 fully saturated rings. The van der Waals surface area contributed by atoms with Gasteiger partial charge in [0.2, 0.25) is 11.8 Å². The highest BCUT2D eigenvalue weighted by molar-refractivity contribution is 7.92. The summed E-state index contributed by atoms with van der Waals surface area (Å²) < 4.78 is 42.8. The first-order valence-electron chi connectivity index (χ1n) is 12.4. The SMILES string of the molecule is CC(C(=O)NC(C)(C)C)N(Cc1ccccc1F)C(=O)CN(c1ccc([N+](=O)[O-])cc1)S(=O)(=O)c1ccccc1. The summed E-state index contributed by atoms with van der Waals surface area (Å²) in [5.74, 6) is -1.88. The fourth-order valence-corrected chi connectivity index (χ4v) is 5.29. The highest BCUT2D eigenvalue weighted by Gasteiger charge is 2.33. The Kier molecular flexibility index (Phi) is 9.25. The first kappa shape index (κ1) is 30.2. The monoisotopic (exact) mass is 570 g/mol. The average molecular weight is 571 g/mol. The van der Waals surface area contributed by atoms with Crippen molar-refractivity contribution >= 4 is 33.2 Å². The van der Waals surface area contributed by atoms with Crippen molar-refractivity contribution in [3.05, 3.63) is 100 Å². The van der Waals surface area contributed by atoms with Gasteiger partial charge in [0.25, 0.3) is 15.7 Å². The van der Waals surface area contributed by atoms with Gasteiger partial charge in [0.05, 0.1) is 15.5 Å². The van der Waals surface area contributed by atoms with Crippen molar-refractivity contribution in [2.45, 2.75) is 50.7 Å². The second-order valence-corrected chi connectivity index (χ2v) is 12.0. The average Bonchev–Trinajstić information content (AvgIpc) is 2.90. The van der Waals surface area contributed by atoms with E-state index in [1.807, 2.05) is 0 Å². The van der Waals surface area contributed by atoms with Gasteiger partial charge in [0, 0.05) is 29.8 Å². The van der Waals surface area contributed by atoms with Crippen molar-refractivity contribution in [1.82, 2.24) is 10.2 Å². The minimum absolute atomic E-state index is 0.000408. The van der Waals surface area contributed by atoms with Crippen LogP contribution in [0.2, 0.25) is 0 Å². The van der Waals surface area contributed by atoms with E-state index in [2.05, 4.69) is 5.32 Å². The van der Waals surface area contributed by atoms with Crippen LogP contribution in [0.1, 0.15) is 33.3 Å². The van der Waals surface area contributed by atoms with E-state index in [0.717, 1.165) is 21.3 Å². The van der Waals surface area contributed by atoms with Crippen LogP contribution in [0, 0.1) is 15.9 Å². The topological polar surface area (TPSA) is 130 Å². The Morgan fingerprint density at radius 2 is 1.55 bits per heavy atom. The normalized spacial score (nSPS) is 12.3. The molecule has 0 saturated heterocycles. The highest BCUT2D eigenvalue weighted by atomic mass is 32.2. The number of nitro groups is 1. The summed E-state index contributed by atoms with van der Waals surface area (Å²) in [5, 5.41) is 13.9. The van der Waals surface area contributed by atoms with Crippen molar-refractivity contribution in [2.75, 3.05) is 10.8 Å². The van der Waals surface area contributed by atoms with E-state index in [4.69, 9.17) is 0 Å². The van der Waals surface area contributed by atoms with Crippen LogP contribution in [0.3, 0.4) is 0 Å². The maximum absolute atomic E-state index is 14.6. The van der Waals surface area contributed by atoms with E-state index in [1.54, 1.807) is 32.9 Å². The summed E-state index contributed by atoms with van der Waals surface area (Å²) in [6.45, 7) is 5.72. The van der Waals surface area contributed by atoms with Crippen LogP contribution in [0.25, 0.3) is 0 Å². The number of anilines is 1. The van der Waals surface area contributed by atoms with Crippen molar-refractivity contribution in [2.24, 2.45) is 0 Å². The van der Waals surface area contributed by atoms with Gasteiger partial charge in [-0.2, -0.15) is 0 Å². The lowest BCUT2D eigenvalue weighted by atomic mass is 10.1. The third kappa shape index (κ3) is 7.41. The largest absolute Gasteiger partial charge is 0.350 e. The van der Waals surface area contributed by atoms with Gasteiger partial charge in [-0.1, -0.05) is 36.4 Å². The van der Waals surface area contributed by atoms with Crippen LogP contribution in [-0.2, 0) is 26.2 Å². The predicted octanol–water partition coefficient (Wildman–Crippen LogP) is 4.26.